The van der Waals surface area contributed by atoms with Crippen molar-refractivity contribution in [2.75, 3.05) is 30.6 Å². The molecule has 2 N–H and O–H groups in total. The van der Waals surface area contributed by atoms with Crippen LogP contribution in [0.15, 0.2) is 88.9 Å². The summed E-state index contributed by atoms with van der Waals surface area (Å²) in [7, 11) is -4.18. The van der Waals surface area contributed by atoms with E-state index in [1.165, 1.54) is 30.5 Å². The summed E-state index contributed by atoms with van der Waals surface area (Å²) in [5.74, 6) is -0.526. The van der Waals surface area contributed by atoms with Crippen molar-refractivity contribution in [3.63, 3.8) is 0 Å². The Balaban J connectivity index is 1.33. The van der Waals surface area contributed by atoms with E-state index in [2.05, 4.69) is 15.8 Å². The van der Waals surface area contributed by atoms with Gasteiger partial charge in [-0.05, 0) is 66.9 Å². The number of sulfonamides is 1. The molecule has 0 bridgehead atoms. The Hall–Kier alpha value is -4.82. The molecule has 4 rings (SSSR count). The largest absolute Gasteiger partial charge is 0.484 e. The van der Waals surface area contributed by atoms with Gasteiger partial charge in [-0.3, -0.25) is 24.0 Å². The third-order valence-electron chi connectivity index (χ3n) is 6.17. The van der Waals surface area contributed by atoms with Crippen molar-refractivity contribution in [1.82, 2.24) is 10.7 Å². The van der Waals surface area contributed by atoms with Crippen molar-refractivity contribution < 1.29 is 32.4 Å². The first-order valence-corrected chi connectivity index (χ1v) is 14.4. The van der Waals surface area contributed by atoms with Crippen LogP contribution in [0.1, 0.15) is 18.4 Å². The molecule has 220 valence electrons. The number of ether oxygens (including phenoxy) is 2. The van der Waals surface area contributed by atoms with Gasteiger partial charge < -0.3 is 14.8 Å². The van der Waals surface area contributed by atoms with E-state index in [1.54, 1.807) is 42.5 Å². The minimum Gasteiger partial charge on any atom is -0.484 e. The molecule has 1 fully saturated rings. The van der Waals surface area contributed by atoms with Crippen molar-refractivity contribution in [2.24, 2.45) is 5.10 Å². The Morgan fingerprint density at radius 2 is 1.76 bits per heavy atom. The molecule has 0 aliphatic carbocycles. The maximum absolute atomic E-state index is 13.3. The topological polar surface area (TPSA) is 170 Å². The van der Waals surface area contributed by atoms with Gasteiger partial charge in [-0.15, -0.1) is 0 Å². The first kappa shape index (κ1) is 30.1. The van der Waals surface area contributed by atoms with Crippen molar-refractivity contribution >= 4 is 39.4 Å². The lowest BCUT2D eigenvalue weighted by Gasteiger charge is -2.23. The number of nitro groups is 1. The van der Waals surface area contributed by atoms with Crippen LogP contribution in [0.4, 0.5) is 11.4 Å². The van der Waals surface area contributed by atoms with Crippen molar-refractivity contribution in [2.45, 2.75) is 23.8 Å². The number of nitrogens with zero attached hydrogens (tertiary/aromatic N) is 3. The molecule has 42 heavy (non-hydrogen) atoms. The summed E-state index contributed by atoms with van der Waals surface area (Å²) in [5.41, 5.74) is 2.75. The number of nitrogens with one attached hydrogen (secondary N) is 2. The van der Waals surface area contributed by atoms with Crippen LogP contribution in [0, 0.1) is 10.1 Å². The second kappa shape index (κ2) is 14.2. The van der Waals surface area contributed by atoms with E-state index in [0.29, 0.717) is 24.5 Å². The number of nitro benzene ring substituents is 1. The zero-order valence-corrected chi connectivity index (χ0v) is 23.2. The number of amides is 2. The second-order valence-electron chi connectivity index (χ2n) is 9.19. The molecule has 3 aromatic carbocycles. The number of hydrazone groups is 1. The Morgan fingerprint density at radius 1 is 1.05 bits per heavy atom. The minimum atomic E-state index is -4.18. The molecular formula is C28H29N5O8S. The van der Waals surface area contributed by atoms with Gasteiger partial charge in [-0.2, -0.15) is 5.10 Å². The molecule has 1 aliphatic heterocycles. The quantitative estimate of drug-likeness (QED) is 0.173. The van der Waals surface area contributed by atoms with Crippen molar-refractivity contribution in [3.8, 4) is 5.75 Å². The zero-order chi connectivity index (χ0) is 30.0. The molecule has 0 saturated carbocycles. The first-order valence-electron chi connectivity index (χ1n) is 13.0. The Morgan fingerprint density at radius 3 is 2.40 bits per heavy atom. The van der Waals surface area contributed by atoms with E-state index in [-0.39, 0.29) is 34.9 Å². The first-order chi connectivity index (χ1) is 20.2. The van der Waals surface area contributed by atoms with Gasteiger partial charge in [0.15, 0.2) is 6.61 Å². The monoisotopic (exact) mass is 595 g/mol. The highest BCUT2D eigenvalue weighted by Crippen LogP contribution is 2.25. The van der Waals surface area contributed by atoms with E-state index in [0.717, 1.165) is 29.3 Å². The number of carbonyl (C=O) groups is 2. The summed E-state index contributed by atoms with van der Waals surface area (Å²) in [6.45, 7) is 0.391. The average molecular weight is 596 g/mol. The van der Waals surface area contributed by atoms with E-state index in [4.69, 9.17) is 9.47 Å². The number of benzene rings is 3. The van der Waals surface area contributed by atoms with Crippen molar-refractivity contribution in [3.05, 3.63) is 94.5 Å². The third-order valence-corrected chi connectivity index (χ3v) is 7.96. The smallest absolute Gasteiger partial charge is 0.269 e. The number of hydrogen-bond donors (Lipinski definition) is 2. The molecule has 14 heteroatoms. The lowest BCUT2D eigenvalue weighted by atomic mass is 10.2. The maximum atomic E-state index is 13.3. The SMILES string of the molecule is O=C(COc1ccc(/C=N\NC(=O)CN(c2ccc([N+](=O)[O-])cc2)S(=O)(=O)c2ccccc2)cc1)NC[C@@H]1CCCO1. The second-order valence-corrected chi connectivity index (χ2v) is 11.1. The summed E-state index contributed by atoms with van der Waals surface area (Å²) < 4.78 is 38.5. The fourth-order valence-corrected chi connectivity index (χ4v) is 5.45. The summed E-state index contributed by atoms with van der Waals surface area (Å²) in [5, 5.41) is 17.7. The van der Waals surface area contributed by atoms with Crippen LogP contribution in [0.25, 0.3) is 0 Å². The molecule has 2 amide bonds. The van der Waals surface area contributed by atoms with Gasteiger partial charge in [0.1, 0.15) is 12.3 Å². The van der Waals surface area contributed by atoms with Crippen LogP contribution < -0.4 is 19.8 Å². The highest BCUT2D eigenvalue weighted by Gasteiger charge is 2.27. The predicted molar refractivity (Wildman–Crippen MR) is 154 cm³/mol. The molecule has 1 saturated heterocycles. The lowest BCUT2D eigenvalue weighted by Crippen LogP contribution is -2.39. The number of carbonyl (C=O) groups excluding carboxylic acids is 2. The average Bonchev–Trinajstić information content (AvgIpc) is 3.53. The summed E-state index contributed by atoms with van der Waals surface area (Å²) >= 11 is 0. The molecule has 0 radical (unpaired) electrons. The minimum absolute atomic E-state index is 0.0478. The Labute approximate surface area is 242 Å². The van der Waals surface area contributed by atoms with Gasteiger partial charge in [0.2, 0.25) is 0 Å². The molecule has 1 heterocycles. The van der Waals surface area contributed by atoms with Gasteiger partial charge in [0, 0.05) is 25.3 Å². The maximum Gasteiger partial charge on any atom is 0.269 e. The van der Waals surface area contributed by atoms with Crippen LogP contribution >= 0.6 is 0 Å². The molecule has 0 aromatic heterocycles. The Bertz CT molecular complexity index is 1510. The molecule has 1 aliphatic rings. The lowest BCUT2D eigenvalue weighted by molar-refractivity contribution is -0.384. The number of anilines is 1. The summed E-state index contributed by atoms with van der Waals surface area (Å²) in [6.07, 6.45) is 3.33. The van der Waals surface area contributed by atoms with E-state index in [1.807, 2.05) is 0 Å². The molecule has 3 aromatic rings. The molecule has 0 unspecified atom stereocenters. The number of hydrogen-bond acceptors (Lipinski definition) is 9. The normalized spacial score (nSPS) is 14.8. The van der Waals surface area contributed by atoms with Crippen LogP contribution in [0.3, 0.4) is 0 Å². The van der Waals surface area contributed by atoms with Gasteiger partial charge >= 0.3 is 0 Å². The summed E-state index contributed by atoms with van der Waals surface area (Å²) in [4.78, 5) is 35.0. The molecular weight excluding hydrogens is 566 g/mol. The van der Waals surface area contributed by atoms with E-state index >= 15 is 0 Å². The van der Waals surface area contributed by atoms with Crippen LogP contribution in [0.5, 0.6) is 5.75 Å². The zero-order valence-electron chi connectivity index (χ0n) is 22.4. The highest BCUT2D eigenvalue weighted by molar-refractivity contribution is 7.92. The fraction of sp³-hybridized carbons (Fsp3) is 0.250. The van der Waals surface area contributed by atoms with Crippen molar-refractivity contribution in [1.29, 1.82) is 0 Å². The predicted octanol–water partition coefficient (Wildman–Crippen LogP) is 2.61. The summed E-state index contributed by atoms with van der Waals surface area (Å²) in [6, 6.07) is 18.9. The van der Waals surface area contributed by atoms with Gasteiger partial charge in [-0.25, -0.2) is 13.8 Å². The molecule has 13 nitrogen and oxygen atoms in total. The van der Waals surface area contributed by atoms with Gasteiger partial charge in [0.05, 0.1) is 27.8 Å². The number of rotatable bonds is 13. The van der Waals surface area contributed by atoms with Crippen LogP contribution in [-0.2, 0) is 24.3 Å². The van der Waals surface area contributed by atoms with E-state index in [9.17, 15) is 28.1 Å². The van der Waals surface area contributed by atoms with Gasteiger partial charge in [0.25, 0.3) is 27.5 Å². The van der Waals surface area contributed by atoms with Gasteiger partial charge in [-0.1, -0.05) is 18.2 Å². The van der Waals surface area contributed by atoms with Crippen LogP contribution in [0.2, 0.25) is 0 Å². The standard InChI is InChI=1S/C28H29N5O8S/c34-27(19-32(22-10-12-23(13-11-22)33(36)37)42(38,39)26-6-2-1-3-7-26)31-30-17-21-8-14-24(15-9-21)41-20-28(35)29-18-25-5-4-16-40-25/h1-3,6-15,17,25H,4-5,16,18-20H2,(H,29,35)(H,31,34)/b30-17-/t25-/m0/s1. The third kappa shape index (κ3) is 8.34. The fourth-order valence-electron chi connectivity index (χ4n) is 4.00. The highest BCUT2D eigenvalue weighted by atomic mass is 32.2. The van der Waals surface area contributed by atoms with Crippen LogP contribution in [-0.4, -0.2) is 63.8 Å². The molecule has 0 spiro atoms. The number of non-ortho nitro benzene ring substituents is 1. The molecule has 1 atom stereocenters. The van der Waals surface area contributed by atoms with E-state index < -0.39 is 27.4 Å². The Kier molecular flexibility index (Phi) is 10.2.